The summed E-state index contributed by atoms with van der Waals surface area (Å²) < 4.78 is 5.15. The van der Waals surface area contributed by atoms with Crippen molar-refractivity contribution in [3.63, 3.8) is 0 Å². The first-order valence-electron chi connectivity index (χ1n) is 6.86. The molecule has 2 aromatic rings. The molecule has 0 aromatic heterocycles. The van der Waals surface area contributed by atoms with E-state index in [-0.39, 0.29) is 5.78 Å². The van der Waals surface area contributed by atoms with Crippen LogP contribution in [0.25, 0.3) is 0 Å². The van der Waals surface area contributed by atoms with Gasteiger partial charge in [0.1, 0.15) is 5.75 Å². The number of ketones is 1. The van der Waals surface area contributed by atoms with Crippen LogP contribution in [-0.4, -0.2) is 12.9 Å². The Morgan fingerprint density at radius 2 is 1.80 bits per heavy atom. The Kier molecular flexibility index (Phi) is 4.57. The average molecular weight is 268 g/mol. The molecular weight excluding hydrogens is 248 g/mol. The summed E-state index contributed by atoms with van der Waals surface area (Å²) in [5.74, 6) is 1.34. The molecule has 104 valence electrons. The lowest BCUT2D eigenvalue weighted by atomic mass is 9.98. The minimum atomic E-state index is 0.112. The van der Waals surface area contributed by atoms with E-state index in [0.717, 1.165) is 5.56 Å². The first-order chi connectivity index (χ1) is 9.60. The smallest absolute Gasteiger partial charge is 0.167 e. The number of ether oxygens (including phenoxy) is 1. The second-order valence-corrected chi connectivity index (χ2v) is 5.23. The summed E-state index contributed by atoms with van der Waals surface area (Å²) in [7, 11) is 1.61. The molecule has 0 saturated heterocycles. The van der Waals surface area contributed by atoms with Crippen molar-refractivity contribution in [2.75, 3.05) is 7.11 Å². The summed E-state index contributed by atoms with van der Waals surface area (Å²) >= 11 is 0. The second-order valence-electron chi connectivity index (χ2n) is 5.23. The predicted octanol–water partition coefficient (Wildman–Crippen LogP) is 4.24. The van der Waals surface area contributed by atoms with Crippen molar-refractivity contribution in [2.45, 2.75) is 26.2 Å². The molecule has 0 heterocycles. The van der Waals surface area contributed by atoms with E-state index >= 15 is 0 Å². The van der Waals surface area contributed by atoms with E-state index in [1.54, 1.807) is 13.2 Å². The van der Waals surface area contributed by atoms with Gasteiger partial charge in [0.25, 0.3) is 0 Å². The Hall–Kier alpha value is -2.09. The third kappa shape index (κ3) is 3.47. The summed E-state index contributed by atoms with van der Waals surface area (Å²) in [6.07, 6.45) is 0.422. The van der Waals surface area contributed by atoms with Gasteiger partial charge in [-0.25, -0.2) is 0 Å². The molecule has 0 bridgehead atoms. The van der Waals surface area contributed by atoms with Crippen molar-refractivity contribution < 1.29 is 9.53 Å². The minimum Gasteiger partial charge on any atom is -0.497 e. The molecule has 0 N–H and O–H groups in total. The zero-order chi connectivity index (χ0) is 14.5. The fraction of sp³-hybridized carbons (Fsp3) is 0.278. The van der Waals surface area contributed by atoms with Gasteiger partial charge in [-0.2, -0.15) is 0 Å². The molecule has 0 amide bonds. The molecular formula is C18H20O2. The molecule has 2 rings (SSSR count). The second kappa shape index (κ2) is 6.38. The van der Waals surface area contributed by atoms with Crippen LogP contribution < -0.4 is 4.74 Å². The van der Waals surface area contributed by atoms with Gasteiger partial charge in [0.2, 0.25) is 0 Å². The standard InChI is InChI=1S/C18H20O2/c1-13(2)15-9-7-14(8-10-15)11-18(19)16-5-4-6-17(12-16)20-3/h4-10,12-13H,11H2,1-3H3. The van der Waals surface area contributed by atoms with Crippen LogP contribution in [0.4, 0.5) is 0 Å². The third-order valence-electron chi connectivity index (χ3n) is 3.40. The Morgan fingerprint density at radius 3 is 2.40 bits per heavy atom. The molecule has 0 atom stereocenters. The largest absolute Gasteiger partial charge is 0.497 e. The lowest BCUT2D eigenvalue weighted by Crippen LogP contribution is -2.04. The number of carbonyl (C=O) groups excluding carboxylic acids is 1. The highest BCUT2D eigenvalue weighted by Crippen LogP contribution is 2.17. The molecule has 0 aliphatic heterocycles. The van der Waals surface area contributed by atoms with E-state index < -0.39 is 0 Å². The molecule has 0 saturated carbocycles. The van der Waals surface area contributed by atoms with Crippen molar-refractivity contribution in [1.82, 2.24) is 0 Å². The normalized spacial score (nSPS) is 10.6. The van der Waals surface area contributed by atoms with E-state index in [4.69, 9.17) is 4.74 Å². The van der Waals surface area contributed by atoms with Gasteiger partial charge in [0.15, 0.2) is 5.78 Å². The van der Waals surface area contributed by atoms with Gasteiger partial charge >= 0.3 is 0 Å². The highest BCUT2D eigenvalue weighted by Gasteiger charge is 2.08. The first-order valence-corrected chi connectivity index (χ1v) is 6.86. The molecule has 0 spiro atoms. The number of benzene rings is 2. The van der Waals surface area contributed by atoms with E-state index in [1.165, 1.54) is 5.56 Å². The van der Waals surface area contributed by atoms with Crippen molar-refractivity contribution in [3.05, 3.63) is 65.2 Å². The summed E-state index contributed by atoms with van der Waals surface area (Å²) in [6.45, 7) is 4.33. The summed E-state index contributed by atoms with van der Waals surface area (Å²) in [5, 5.41) is 0. The van der Waals surface area contributed by atoms with Crippen LogP contribution in [-0.2, 0) is 6.42 Å². The molecule has 2 nitrogen and oxygen atoms in total. The Balaban J connectivity index is 2.10. The number of carbonyl (C=O) groups is 1. The van der Waals surface area contributed by atoms with Gasteiger partial charge in [-0.1, -0.05) is 50.2 Å². The summed E-state index contributed by atoms with van der Waals surface area (Å²) in [4.78, 5) is 12.2. The molecule has 0 unspecified atom stereocenters. The maximum absolute atomic E-state index is 12.2. The van der Waals surface area contributed by atoms with Crippen molar-refractivity contribution in [3.8, 4) is 5.75 Å². The number of rotatable bonds is 5. The third-order valence-corrected chi connectivity index (χ3v) is 3.40. The molecule has 0 fully saturated rings. The highest BCUT2D eigenvalue weighted by atomic mass is 16.5. The predicted molar refractivity (Wildman–Crippen MR) is 81.6 cm³/mol. The first kappa shape index (κ1) is 14.3. The summed E-state index contributed by atoms with van der Waals surface area (Å²) in [5.41, 5.74) is 3.03. The highest BCUT2D eigenvalue weighted by molar-refractivity contribution is 5.97. The number of Topliss-reactive ketones (excluding diaryl/α,β-unsaturated/α-hetero) is 1. The fourth-order valence-corrected chi connectivity index (χ4v) is 2.10. The van der Waals surface area contributed by atoms with Crippen LogP contribution in [0.15, 0.2) is 48.5 Å². The topological polar surface area (TPSA) is 26.3 Å². The van der Waals surface area contributed by atoms with Gasteiger partial charge in [-0.3, -0.25) is 4.79 Å². The number of methoxy groups -OCH3 is 1. The number of hydrogen-bond donors (Lipinski definition) is 0. The van der Waals surface area contributed by atoms with E-state index in [9.17, 15) is 4.79 Å². The zero-order valence-corrected chi connectivity index (χ0v) is 12.2. The van der Waals surface area contributed by atoms with Crippen LogP contribution in [0.2, 0.25) is 0 Å². The molecule has 20 heavy (non-hydrogen) atoms. The lowest BCUT2D eigenvalue weighted by Gasteiger charge is -2.07. The van der Waals surface area contributed by atoms with E-state index in [2.05, 4.69) is 26.0 Å². The lowest BCUT2D eigenvalue weighted by molar-refractivity contribution is 0.0992. The van der Waals surface area contributed by atoms with E-state index in [0.29, 0.717) is 23.7 Å². The van der Waals surface area contributed by atoms with Crippen LogP contribution in [0.5, 0.6) is 5.75 Å². The molecule has 0 aliphatic rings. The van der Waals surface area contributed by atoms with E-state index in [1.807, 2.05) is 30.3 Å². The Morgan fingerprint density at radius 1 is 1.10 bits per heavy atom. The minimum absolute atomic E-state index is 0.112. The van der Waals surface area contributed by atoms with Crippen molar-refractivity contribution in [2.24, 2.45) is 0 Å². The van der Waals surface area contributed by atoms with Crippen LogP contribution >= 0.6 is 0 Å². The Labute approximate surface area is 120 Å². The van der Waals surface area contributed by atoms with Crippen molar-refractivity contribution in [1.29, 1.82) is 0 Å². The summed E-state index contributed by atoms with van der Waals surface area (Å²) in [6, 6.07) is 15.6. The zero-order valence-electron chi connectivity index (χ0n) is 12.2. The molecule has 2 aromatic carbocycles. The van der Waals surface area contributed by atoms with Gasteiger partial charge < -0.3 is 4.74 Å². The van der Waals surface area contributed by atoms with Gasteiger partial charge in [-0.05, 0) is 29.2 Å². The van der Waals surface area contributed by atoms with Crippen LogP contribution in [0, 0.1) is 0 Å². The Bertz CT molecular complexity index is 583. The maximum atomic E-state index is 12.2. The monoisotopic (exact) mass is 268 g/mol. The van der Waals surface area contributed by atoms with Gasteiger partial charge in [0.05, 0.1) is 7.11 Å². The van der Waals surface area contributed by atoms with Crippen molar-refractivity contribution >= 4 is 5.78 Å². The average Bonchev–Trinajstić information content (AvgIpc) is 2.47. The fourth-order valence-electron chi connectivity index (χ4n) is 2.10. The quantitative estimate of drug-likeness (QED) is 0.758. The molecule has 0 aliphatic carbocycles. The van der Waals surface area contributed by atoms with Gasteiger partial charge in [-0.15, -0.1) is 0 Å². The van der Waals surface area contributed by atoms with Crippen LogP contribution in [0.3, 0.4) is 0 Å². The molecule has 2 heteroatoms. The number of hydrogen-bond acceptors (Lipinski definition) is 2. The SMILES string of the molecule is COc1cccc(C(=O)Cc2ccc(C(C)C)cc2)c1. The maximum Gasteiger partial charge on any atom is 0.167 e. The van der Waals surface area contributed by atoms with Gasteiger partial charge in [0, 0.05) is 12.0 Å². The molecule has 0 radical (unpaired) electrons. The van der Waals surface area contributed by atoms with Crippen LogP contribution in [0.1, 0.15) is 41.3 Å².